The summed E-state index contributed by atoms with van der Waals surface area (Å²) in [6.07, 6.45) is 1.64. The maximum absolute atomic E-state index is 9.82. The molecule has 4 nitrogen and oxygen atoms in total. The molecule has 0 fully saturated rings. The van der Waals surface area contributed by atoms with E-state index in [9.17, 15) is 10.2 Å². The third-order valence-corrected chi connectivity index (χ3v) is 3.97. The number of phenolic OH excluding ortho intramolecular Hbond substituents is 2. The lowest BCUT2D eigenvalue weighted by Crippen LogP contribution is -2.16. The van der Waals surface area contributed by atoms with E-state index in [1.165, 1.54) is 7.11 Å². The van der Waals surface area contributed by atoms with E-state index < -0.39 is 0 Å². The van der Waals surface area contributed by atoms with Crippen molar-refractivity contribution in [1.82, 2.24) is 0 Å². The molecule has 1 heterocycles. The number of methoxy groups -OCH3 is 1. The molecule has 0 aromatic heterocycles. The highest BCUT2D eigenvalue weighted by atomic mass is 16.5. The summed E-state index contributed by atoms with van der Waals surface area (Å²) in [4.78, 5) is 0. The number of aromatic hydroxyl groups is 2. The molecular weight excluding hydrogens is 268 g/mol. The molecule has 0 radical (unpaired) electrons. The molecule has 4 heteroatoms. The van der Waals surface area contributed by atoms with Gasteiger partial charge in [0.25, 0.3) is 0 Å². The van der Waals surface area contributed by atoms with Crippen molar-refractivity contribution < 1.29 is 19.7 Å². The van der Waals surface area contributed by atoms with Crippen LogP contribution in [0, 0.1) is 6.92 Å². The number of rotatable bonds is 2. The summed E-state index contributed by atoms with van der Waals surface area (Å²) in [6.45, 7) is 1.86. The minimum atomic E-state index is -0.104. The lowest BCUT2D eigenvalue weighted by molar-refractivity contribution is 0.174. The van der Waals surface area contributed by atoms with Crippen LogP contribution in [-0.2, 0) is 6.42 Å². The van der Waals surface area contributed by atoms with Crippen LogP contribution in [0.3, 0.4) is 0 Å². The largest absolute Gasteiger partial charge is 0.508 e. The minimum absolute atomic E-state index is 0.104. The van der Waals surface area contributed by atoms with Gasteiger partial charge in [-0.05, 0) is 49.1 Å². The van der Waals surface area contributed by atoms with Gasteiger partial charge in [0.05, 0.1) is 7.11 Å². The monoisotopic (exact) mass is 286 g/mol. The maximum atomic E-state index is 9.82. The standard InChI is InChI=1S/C17H18O4/c1-10-13(18)6-3-11-5-8-15(21-17(10)11)12-4-7-14(19)16(9-12)20-2/h3-4,6-7,9,15,18-19H,5,8H2,1-2H3/t15-/m0/s1. The molecule has 3 rings (SSSR count). The van der Waals surface area contributed by atoms with E-state index in [0.29, 0.717) is 5.75 Å². The SMILES string of the molecule is COc1cc([C@@H]2CCc3ccc(O)c(C)c3O2)ccc1O. The molecule has 2 N–H and O–H groups in total. The van der Waals surface area contributed by atoms with Gasteiger partial charge in [-0.15, -0.1) is 0 Å². The Balaban J connectivity index is 1.94. The number of hydrogen-bond donors (Lipinski definition) is 2. The molecule has 0 saturated carbocycles. The minimum Gasteiger partial charge on any atom is -0.508 e. The molecule has 0 unspecified atom stereocenters. The van der Waals surface area contributed by atoms with Crippen LogP contribution in [0.25, 0.3) is 0 Å². The third-order valence-electron chi connectivity index (χ3n) is 3.97. The Morgan fingerprint density at radius 2 is 1.90 bits per heavy atom. The first-order chi connectivity index (χ1) is 10.1. The molecule has 0 saturated heterocycles. The average Bonchev–Trinajstić information content (AvgIpc) is 2.51. The van der Waals surface area contributed by atoms with Crippen LogP contribution < -0.4 is 9.47 Å². The Morgan fingerprint density at radius 3 is 2.67 bits per heavy atom. The highest BCUT2D eigenvalue weighted by Crippen LogP contribution is 2.41. The van der Waals surface area contributed by atoms with Crippen LogP contribution >= 0.6 is 0 Å². The summed E-state index contributed by atoms with van der Waals surface area (Å²) >= 11 is 0. The second kappa shape index (κ2) is 5.20. The van der Waals surface area contributed by atoms with E-state index in [1.807, 2.05) is 19.1 Å². The lowest BCUT2D eigenvalue weighted by atomic mass is 9.95. The van der Waals surface area contributed by atoms with Crippen molar-refractivity contribution in [3.8, 4) is 23.0 Å². The average molecular weight is 286 g/mol. The van der Waals surface area contributed by atoms with Crippen LogP contribution in [0.1, 0.15) is 29.2 Å². The lowest BCUT2D eigenvalue weighted by Gasteiger charge is -2.28. The van der Waals surface area contributed by atoms with Crippen molar-refractivity contribution in [2.45, 2.75) is 25.9 Å². The molecule has 0 bridgehead atoms. The van der Waals surface area contributed by atoms with Gasteiger partial charge in [-0.1, -0.05) is 12.1 Å². The maximum Gasteiger partial charge on any atom is 0.160 e. The van der Waals surface area contributed by atoms with E-state index in [-0.39, 0.29) is 17.6 Å². The van der Waals surface area contributed by atoms with Gasteiger partial charge >= 0.3 is 0 Å². The second-order valence-corrected chi connectivity index (χ2v) is 5.27. The molecule has 2 aromatic rings. The summed E-state index contributed by atoms with van der Waals surface area (Å²) in [5, 5.41) is 19.5. The first-order valence-electron chi connectivity index (χ1n) is 6.95. The van der Waals surface area contributed by atoms with Crippen molar-refractivity contribution in [2.24, 2.45) is 0 Å². The van der Waals surface area contributed by atoms with E-state index in [1.54, 1.807) is 18.2 Å². The van der Waals surface area contributed by atoms with Crippen molar-refractivity contribution in [2.75, 3.05) is 7.11 Å². The Morgan fingerprint density at radius 1 is 1.14 bits per heavy atom. The fourth-order valence-electron chi connectivity index (χ4n) is 2.72. The molecule has 0 aliphatic carbocycles. The molecular formula is C17H18O4. The zero-order chi connectivity index (χ0) is 15.0. The molecule has 1 aliphatic heterocycles. The molecule has 1 atom stereocenters. The second-order valence-electron chi connectivity index (χ2n) is 5.27. The van der Waals surface area contributed by atoms with Gasteiger partial charge < -0.3 is 19.7 Å². The predicted molar refractivity (Wildman–Crippen MR) is 79.2 cm³/mol. The van der Waals surface area contributed by atoms with E-state index in [0.717, 1.165) is 35.3 Å². The number of aryl methyl sites for hydroxylation is 1. The Hall–Kier alpha value is -2.36. The first kappa shape index (κ1) is 13.6. The highest BCUT2D eigenvalue weighted by Gasteiger charge is 2.24. The highest BCUT2D eigenvalue weighted by molar-refractivity contribution is 5.50. The van der Waals surface area contributed by atoms with E-state index in [2.05, 4.69) is 0 Å². The molecule has 1 aliphatic rings. The Kier molecular flexibility index (Phi) is 3.37. The van der Waals surface area contributed by atoms with Crippen molar-refractivity contribution >= 4 is 0 Å². The third kappa shape index (κ3) is 2.37. The van der Waals surface area contributed by atoms with Crippen LogP contribution in [0.4, 0.5) is 0 Å². The smallest absolute Gasteiger partial charge is 0.160 e. The molecule has 110 valence electrons. The van der Waals surface area contributed by atoms with Crippen LogP contribution in [0.5, 0.6) is 23.0 Å². The van der Waals surface area contributed by atoms with Gasteiger partial charge in [0.2, 0.25) is 0 Å². The van der Waals surface area contributed by atoms with Gasteiger partial charge in [-0.25, -0.2) is 0 Å². The zero-order valence-electron chi connectivity index (χ0n) is 12.1. The fraction of sp³-hybridized carbons (Fsp3) is 0.294. The van der Waals surface area contributed by atoms with Gasteiger partial charge in [0.1, 0.15) is 17.6 Å². The van der Waals surface area contributed by atoms with E-state index in [4.69, 9.17) is 9.47 Å². The molecule has 0 spiro atoms. The van der Waals surface area contributed by atoms with Gasteiger partial charge in [0, 0.05) is 5.56 Å². The number of fused-ring (bicyclic) bond motifs is 1. The molecule has 2 aromatic carbocycles. The normalized spacial score (nSPS) is 17.0. The zero-order valence-corrected chi connectivity index (χ0v) is 12.1. The number of benzene rings is 2. The van der Waals surface area contributed by atoms with Crippen LogP contribution in [0.15, 0.2) is 30.3 Å². The summed E-state index contributed by atoms with van der Waals surface area (Å²) in [5.41, 5.74) is 2.84. The summed E-state index contributed by atoms with van der Waals surface area (Å²) < 4.78 is 11.2. The van der Waals surface area contributed by atoms with E-state index >= 15 is 0 Å². The summed E-state index contributed by atoms with van der Waals surface area (Å²) in [7, 11) is 1.53. The fourth-order valence-corrected chi connectivity index (χ4v) is 2.72. The van der Waals surface area contributed by atoms with Crippen molar-refractivity contribution in [1.29, 1.82) is 0 Å². The number of hydrogen-bond acceptors (Lipinski definition) is 4. The van der Waals surface area contributed by atoms with Crippen LogP contribution in [-0.4, -0.2) is 17.3 Å². The Bertz CT molecular complexity index is 679. The first-order valence-corrected chi connectivity index (χ1v) is 6.95. The topological polar surface area (TPSA) is 58.9 Å². The van der Waals surface area contributed by atoms with Crippen molar-refractivity contribution in [3.63, 3.8) is 0 Å². The quantitative estimate of drug-likeness (QED) is 0.887. The van der Waals surface area contributed by atoms with Gasteiger partial charge in [-0.3, -0.25) is 0 Å². The van der Waals surface area contributed by atoms with Gasteiger partial charge in [0.15, 0.2) is 11.5 Å². The predicted octanol–water partition coefficient (Wildman–Crippen LogP) is 3.48. The van der Waals surface area contributed by atoms with Crippen molar-refractivity contribution in [3.05, 3.63) is 47.0 Å². The van der Waals surface area contributed by atoms with Gasteiger partial charge in [-0.2, -0.15) is 0 Å². The van der Waals surface area contributed by atoms with Crippen LogP contribution in [0.2, 0.25) is 0 Å². The Labute approximate surface area is 123 Å². The molecule has 0 amide bonds. The summed E-state index contributed by atoms with van der Waals surface area (Å²) in [6, 6.07) is 8.86. The summed E-state index contributed by atoms with van der Waals surface area (Å²) in [5.74, 6) is 1.57. The number of phenols is 2. The number of ether oxygens (including phenoxy) is 2. The molecule has 21 heavy (non-hydrogen) atoms.